The van der Waals surface area contributed by atoms with Crippen molar-refractivity contribution in [3.05, 3.63) is 29.8 Å². The molecule has 0 aliphatic rings. The smallest absolute Gasteiger partial charge is 0.123 e. The molecule has 0 aromatic heterocycles. The Labute approximate surface area is 82.6 Å². The van der Waals surface area contributed by atoms with E-state index in [1.165, 1.54) is 0 Å². The first-order valence-electron chi connectivity index (χ1n) is 4.25. The Hall–Kier alpha value is -1.77. The van der Waals surface area contributed by atoms with E-state index < -0.39 is 0 Å². The van der Waals surface area contributed by atoms with E-state index in [-0.39, 0.29) is 5.75 Å². The van der Waals surface area contributed by atoms with Gasteiger partial charge in [-0.25, -0.2) is 0 Å². The van der Waals surface area contributed by atoms with E-state index in [1.807, 2.05) is 0 Å². The number of aldehydes is 1. The molecule has 1 aromatic carbocycles. The number of carbonyl (C=O) groups is 1. The van der Waals surface area contributed by atoms with Crippen LogP contribution in [0, 0.1) is 0 Å². The first kappa shape index (κ1) is 10.3. The number of phenols is 1. The molecule has 0 aliphatic heterocycles. The van der Waals surface area contributed by atoms with Gasteiger partial charge in [-0.3, -0.25) is 0 Å². The fraction of sp³-hybridized carbons (Fsp3) is 0.182. The van der Waals surface area contributed by atoms with E-state index in [9.17, 15) is 9.90 Å². The number of benzene rings is 1. The van der Waals surface area contributed by atoms with Gasteiger partial charge >= 0.3 is 0 Å². The standard InChI is InChI=1S/C11H12O3/c1-14-10-5-6-11(13)9(8-10)4-2-3-7-12/h2,4-8,13H,3H2,1H3. The summed E-state index contributed by atoms with van der Waals surface area (Å²) in [6.07, 6.45) is 4.51. The number of rotatable bonds is 4. The lowest BCUT2D eigenvalue weighted by molar-refractivity contribution is -0.107. The zero-order valence-electron chi connectivity index (χ0n) is 7.93. The Bertz CT molecular complexity index is 342. The Kier molecular flexibility index (Phi) is 3.73. The quantitative estimate of drug-likeness (QED) is 0.742. The third-order valence-electron chi connectivity index (χ3n) is 1.76. The number of aromatic hydroxyl groups is 1. The summed E-state index contributed by atoms with van der Waals surface area (Å²) in [6, 6.07) is 4.93. The second-order valence-electron chi connectivity index (χ2n) is 2.73. The van der Waals surface area contributed by atoms with Crippen LogP contribution in [0.5, 0.6) is 11.5 Å². The van der Waals surface area contributed by atoms with E-state index >= 15 is 0 Å². The number of hydrogen-bond acceptors (Lipinski definition) is 3. The lowest BCUT2D eigenvalue weighted by Gasteiger charge is -2.02. The zero-order chi connectivity index (χ0) is 10.4. The van der Waals surface area contributed by atoms with Crippen LogP contribution in [0.3, 0.4) is 0 Å². The highest BCUT2D eigenvalue weighted by molar-refractivity contribution is 5.62. The van der Waals surface area contributed by atoms with Crippen LogP contribution in [0.1, 0.15) is 12.0 Å². The number of allylic oxidation sites excluding steroid dienone is 1. The van der Waals surface area contributed by atoms with Gasteiger partial charge in [-0.2, -0.15) is 0 Å². The minimum atomic E-state index is 0.174. The third-order valence-corrected chi connectivity index (χ3v) is 1.76. The fourth-order valence-electron chi connectivity index (χ4n) is 1.04. The van der Waals surface area contributed by atoms with Gasteiger partial charge in [0.1, 0.15) is 17.8 Å². The summed E-state index contributed by atoms with van der Waals surface area (Å²) >= 11 is 0. The van der Waals surface area contributed by atoms with Gasteiger partial charge < -0.3 is 14.6 Å². The number of hydrogen-bond donors (Lipinski definition) is 1. The summed E-state index contributed by atoms with van der Waals surface area (Å²) < 4.78 is 5.00. The highest BCUT2D eigenvalue weighted by Crippen LogP contribution is 2.23. The molecule has 0 radical (unpaired) electrons. The Balaban J connectivity index is 2.88. The molecule has 0 amide bonds. The van der Waals surface area contributed by atoms with Crippen molar-refractivity contribution in [1.29, 1.82) is 0 Å². The highest BCUT2D eigenvalue weighted by atomic mass is 16.5. The van der Waals surface area contributed by atoms with E-state index in [2.05, 4.69) is 0 Å². The minimum Gasteiger partial charge on any atom is -0.507 e. The average molecular weight is 192 g/mol. The number of methoxy groups -OCH3 is 1. The van der Waals surface area contributed by atoms with E-state index in [4.69, 9.17) is 4.74 Å². The third kappa shape index (κ3) is 2.62. The molecule has 3 nitrogen and oxygen atoms in total. The normalized spacial score (nSPS) is 10.4. The van der Waals surface area contributed by atoms with Crippen molar-refractivity contribution < 1.29 is 14.6 Å². The second kappa shape index (κ2) is 5.07. The molecule has 0 atom stereocenters. The zero-order valence-corrected chi connectivity index (χ0v) is 7.93. The van der Waals surface area contributed by atoms with Crippen molar-refractivity contribution in [3.63, 3.8) is 0 Å². The molecular weight excluding hydrogens is 180 g/mol. The van der Waals surface area contributed by atoms with Crippen molar-refractivity contribution in [1.82, 2.24) is 0 Å². The molecule has 1 rings (SSSR count). The summed E-state index contributed by atoms with van der Waals surface area (Å²) in [7, 11) is 1.56. The van der Waals surface area contributed by atoms with Crippen LogP contribution in [0.15, 0.2) is 24.3 Å². The van der Waals surface area contributed by atoms with Gasteiger partial charge in [-0.15, -0.1) is 0 Å². The summed E-state index contributed by atoms with van der Waals surface area (Å²) in [4.78, 5) is 10.1. The summed E-state index contributed by atoms with van der Waals surface area (Å²) in [5, 5.41) is 9.43. The molecule has 0 aliphatic carbocycles. The summed E-state index contributed by atoms with van der Waals surface area (Å²) in [5.74, 6) is 0.849. The molecule has 0 saturated carbocycles. The molecular formula is C11H12O3. The van der Waals surface area contributed by atoms with E-state index in [1.54, 1.807) is 37.5 Å². The van der Waals surface area contributed by atoms with Crippen LogP contribution >= 0.6 is 0 Å². The van der Waals surface area contributed by atoms with Crippen LogP contribution in [0.2, 0.25) is 0 Å². The monoisotopic (exact) mass is 192 g/mol. The lowest BCUT2D eigenvalue weighted by atomic mass is 10.1. The molecule has 0 fully saturated rings. The van der Waals surface area contributed by atoms with Gasteiger partial charge in [0.25, 0.3) is 0 Å². The van der Waals surface area contributed by atoms with Crippen molar-refractivity contribution >= 4 is 12.4 Å². The number of ether oxygens (including phenoxy) is 1. The Morgan fingerprint density at radius 3 is 2.93 bits per heavy atom. The van der Waals surface area contributed by atoms with Gasteiger partial charge in [-0.05, 0) is 18.2 Å². The van der Waals surface area contributed by atoms with E-state index in [0.29, 0.717) is 17.7 Å². The van der Waals surface area contributed by atoms with Crippen LogP contribution in [-0.2, 0) is 4.79 Å². The van der Waals surface area contributed by atoms with Crippen molar-refractivity contribution in [2.45, 2.75) is 6.42 Å². The predicted molar refractivity (Wildman–Crippen MR) is 54.4 cm³/mol. The Morgan fingerprint density at radius 2 is 2.29 bits per heavy atom. The van der Waals surface area contributed by atoms with Gasteiger partial charge in [0, 0.05) is 12.0 Å². The van der Waals surface area contributed by atoms with Crippen molar-refractivity contribution in [3.8, 4) is 11.5 Å². The minimum absolute atomic E-state index is 0.174. The maximum absolute atomic E-state index is 10.1. The van der Waals surface area contributed by atoms with E-state index in [0.717, 1.165) is 6.29 Å². The average Bonchev–Trinajstić information content (AvgIpc) is 2.21. The van der Waals surface area contributed by atoms with Crippen molar-refractivity contribution in [2.24, 2.45) is 0 Å². The maximum Gasteiger partial charge on any atom is 0.123 e. The van der Waals surface area contributed by atoms with Crippen molar-refractivity contribution in [2.75, 3.05) is 7.11 Å². The molecule has 0 saturated heterocycles. The van der Waals surface area contributed by atoms with Gasteiger partial charge in [0.05, 0.1) is 7.11 Å². The van der Waals surface area contributed by atoms with Crippen LogP contribution in [0.4, 0.5) is 0 Å². The second-order valence-corrected chi connectivity index (χ2v) is 2.73. The lowest BCUT2D eigenvalue weighted by Crippen LogP contribution is -1.83. The molecule has 0 bridgehead atoms. The first-order chi connectivity index (χ1) is 6.77. The molecule has 1 aromatic rings. The molecule has 14 heavy (non-hydrogen) atoms. The molecule has 74 valence electrons. The largest absolute Gasteiger partial charge is 0.507 e. The Morgan fingerprint density at radius 1 is 1.50 bits per heavy atom. The maximum atomic E-state index is 10.1. The highest BCUT2D eigenvalue weighted by Gasteiger charge is 1.98. The number of carbonyl (C=O) groups excluding carboxylic acids is 1. The van der Waals surface area contributed by atoms with Gasteiger partial charge in [-0.1, -0.05) is 12.2 Å². The fourth-order valence-corrected chi connectivity index (χ4v) is 1.04. The SMILES string of the molecule is COc1ccc(O)c(C=CCC=O)c1. The first-order valence-corrected chi connectivity index (χ1v) is 4.25. The van der Waals surface area contributed by atoms with Crippen LogP contribution in [-0.4, -0.2) is 18.5 Å². The number of phenolic OH excluding ortho intramolecular Hbond substituents is 1. The van der Waals surface area contributed by atoms with Crippen LogP contribution < -0.4 is 4.74 Å². The molecule has 1 N–H and O–H groups in total. The topological polar surface area (TPSA) is 46.5 Å². The molecule has 0 heterocycles. The molecule has 3 heteroatoms. The molecule has 0 spiro atoms. The molecule has 0 unspecified atom stereocenters. The van der Waals surface area contributed by atoms with Crippen LogP contribution in [0.25, 0.3) is 6.08 Å². The summed E-state index contributed by atoms with van der Waals surface area (Å²) in [5.41, 5.74) is 0.645. The predicted octanol–water partition coefficient (Wildman–Crippen LogP) is 2.00. The van der Waals surface area contributed by atoms with Gasteiger partial charge in [0.2, 0.25) is 0 Å². The van der Waals surface area contributed by atoms with Gasteiger partial charge in [0.15, 0.2) is 0 Å². The summed E-state index contributed by atoms with van der Waals surface area (Å²) in [6.45, 7) is 0.